The summed E-state index contributed by atoms with van der Waals surface area (Å²) in [6.45, 7) is 0. The summed E-state index contributed by atoms with van der Waals surface area (Å²) in [5, 5.41) is 19.2. The molecule has 0 fully saturated rings. The molecule has 0 aromatic rings. The van der Waals surface area contributed by atoms with Crippen LogP contribution >= 0.6 is 0 Å². The Morgan fingerprint density at radius 1 is 1.45 bits per heavy atom. The van der Waals surface area contributed by atoms with Crippen LogP contribution in [-0.4, -0.2) is 41.0 Å². The minimum absolute atomic E-state index is 0. The molecule has 0 rings (SSSR count). The molecule has 0 heterocycles. The van der Waals surface area contributed by atoms with Gasteiger partial charge in [0.05, 0.1) is 0 Å². The molecule has 0 saturated carbocycles. The van der Waals surface area contributed by atoms with Gasteiger partial charge < -0.3 is 37.9 Å². The van der Waals surface area contributed by atoms with Crippen molar-refractivity contribution in [1.29, 1.82) is 0 Å². The van der Waals surface area contributed by atoms with Crippen molar-refractivity contribution in [3.05, 3.63) is 5.73 Å². The summed E-state index contributed by atoms with van der Waals surface area (Å²) in [5.74, 6) is -3.25. The first kappa shape index (κ1) is 17.2. The predicted octanol–water partition coefficient (Wildman–Crippen LogP) is -5.97. The van der Waals surface area contributed by atoms with Gasteiger partial charge in [-0.2, -0.15) is 0 Å². The standard InChI is InChI=1S/C4H6NO4.ClH.Mg/c5-2(4(8)9)1-3(6)7;;/h2,5H,1H2,(H,6,7)(H,8,9);1H;/q-1;;+2/p-2. The van der Waals surface area contributed by atoms with Crippen molar-refractivity contribution in [1.82, 2.24) is 0 Å². The minimum atomic E-state index is -1.71. The third kappa shape index (κ3) is 9.96. The second-order valence-electron chi connectivity index (χ2n) is 1.45. The molecule has 0 aliphatic rings. The summed E-state index contributed by atoms with van der Waals surface area (Å²) < 4.78 is 0. The van der Waals surface area contributed by atoms with Crippen LogP contribution in [0.25, 0.3) is 5.73 Å². The molecular formula is C4H5ClMgNO4-. The van der Waals surface area contributed by atoms with Gasteiger partial charge in [0, 0.05) is 11.9 Å². The van der Waals surface area contributed by atoms with E-state index in [4.69, 9.17) is 5.73 Å². The summed E-state index contributed by atoms with van der Waals surface area (Å²) >= 11 is 0. The van der Waals surface area contributed by atoms with E-state index in [9.17, 15) is 19.8 Å². The van der Waals surface area contributed by atoms with E-state index in [0.717, 1.165) is 0 Å². The number of carboxylic acids is 2. The maximum Gasteiger partial charge on any atom is 2.00 e. The van der Waals surface area contributed by atoms with E-state index in [2.05, 4.69) is 0 Å². The molecule has 0 amide bonds. The molecular weight excluding hydrogens is 186 g/mol. The zero-order chi connectivity index (χ0) is 7.44. The Morgan fingerprint density at radius 3 is 1.91 bits per heavy atom. The molecule has 0 aromatic heterocycles. The molecule has 7 heteroatoms. The van der Waals surface area contributed by atoms with Crippen molar-refractivity contribution >= 4 is 35.0 Å². The number of aliphatic carboxylic acids is 2. The smallest absolute Gasteiger partial charge is 1.00 e. The molecule has 0 bridgehead atoms. The Bertz CT molecular complexity index is 147. The molecule has 60 valence electrons. The Kier molecular flexibility index (Phi) is 12.6. The zero-order valence-electron chi connectivity index (χ0n) is 6.50. The van der Waals surface area contributed by atoms with Crippen molar-refractivity contribution in [3.63, 3.8) is 0 Å². The van der Waals surface area contributed by atoms with Gasteiger partial charge in [0.25, 0.3) is 0 Å². The van der Waals surface area contributed by atoms with E-state index in [1.54, 1.807) is 0 Å². The molecule has 0 aliphatic heterocycles. The van der Waals surface area contributed by atoms with Crippen LogP contribution in [-0.2, 0) is 9.59 Å². The van der Waals surface area contributed by atoms with Crippen LogP contribution in [0.5, 0.6) is 0 Å². The number of halogens is 1. The second-order valence-corrected chi connectivity index (χ2v) is 1.45. The monoisotopic (exact) mass is 190 g/mol. The fourth-order valence-electron chi connectivity index (χ4n) is 0.250. The quantitative estimate of drug-likeness (QED) is 0.414. The van der Waals surface area contributed by atoms with Crippen molar-refractivity contribution in [3.8, 4) is 0 Å². The van der Waals surface area contributed by atoms with Crippen molar-refractivity contribution in [2.75, 3.05) is 0 Å². The Balaban J connectivity index is -0.000000107. The first-order chi connectivity index (χ1) is 4.04. The Hall–Kier alpha value is -0.0438. The molecule has 0 aromatic carbocycles. The van der Waals surface area contributed by atoms with Crippen molar-refractivity contribution in [2.24, 2.45) is 0 Å². The van der Waals surface area contributed by atoms with Gasteiger partial charge in [-0.05, 0) is 6.42 Å². The maximum atomic E-state index is 9.65. The van der Waals surface area contributed by atoms with Crippen molar-refractivity contribution in [2.45, 2.75) is 12.5 Å². The molecule has 0 aliphatic carbocycles. The van der Waals surface area contributed by atoms with Crippen LogP contribution in [0.1, 0.15) is 7.85 Å². The summed E-state index contributed by atoms with van der Waals surface area (Å²) in [6, 6.07) is -1.71. The van der Waals surface area contributed by atoms with Crippen LogP contribution in [0, 0.1) is 0 Å². The number of carbonyl (C=O) groups is 2. The van der Waals surface area contributed by atoms with Crippen LogP contribution in [0.3, 0.4) is 0 Å². The molecule has 5 nitrogen and oxygen atoms in total. The predicted molar refractivity (Wildman–Crippen MR) is 29.6 cm³/mol. The van der Waals surface area contributed by atoms with Gasteiger partial charge in [-0.25, -0.2) is 0 Å². The molecule has 1 N–H and O–H groups in total. The van der Waals surface area contributed by atoms with Gasteiger partial charge in [0.1, 0.15) is 0 Å². The van der Waals surface area contributed by atoms with Gasteiger partial charge in [0.2, 0.25) is 0 Å². The van der Waals surface area contributed by atoms with E-state index in [-0.39, 0.29) is 36.9 Å². The van der Waals surface area contributed by atoms with Gasteiger partial charge in [0.15, 0.2) is 0 Å². The van der Waals surface area contributed by atoms with Gasteiger partial charge >= 0.3 is 24.5 Å². The van der Waals surface area contributed by atoms with Crippen molar-refractivity contribution < 1.29 is 33.6 Å². The van der Waals surface area contributed by atoms with E-state index in [1.165, 1.54) is 0 Å². The third-order valence-corrected chi connectivity index (χ3v) is 0.655. The first-order valence-electron chi connectivity index (χ1n) is 2.16. The van der Waals surface area contributed by atoms with Gasteiger partial charge in [-0.3, -0.25) is 0 Å². The third-order valence-electron chi connectivity index (χ3n) is 0.655. The first-order valence-corrected chi connectivity index (χ1v) is 2.16. The van der Waals surface area contributed by atoms with E-state index in [0.29, 0.717) is 0 Å². The van der Waals surface area contributed by atoms with Crippen LogP contribution < -0.4 is 22.6 Å². The average Bonchev–Trinajstić information content (AvgIpc) is 1.63. The largest absolute Gasteiger partial charge is 2.00 e. The number of carboxylic acid groups (broad SMARTS) is 2. The topological polar surface area (TPSA) is 104 Å². The molecule has 0 saturated heterocycles. The number of carbonyl (C=O) groups excluding carboxylic acids is 2. The van der Waals surface area contributed by atoms with Gasteiger partial charge in [-0.15, -0.1) is 0 Å². The fourth-order valence-corrected chi connectivity index (χ4v) is 0.250. The second kappa shape index (κ2) is 8.06. The number of nitrogens with one attached hydrogen (secondary N) is 1. The molecule has 11 heavy (non-hydrogen) atoms. The fraction of sp³-hybridized carbons (Fsp3) is 0.500. The molecule has 1 atom stereocenters. The van der Waals surface area contributed by atoms with E-state index < -0.39 is 24.4 Å². The molecule has 0 radical (unpaired) electrons. The molecule has 1 unspecified atom stereocenters. The number of rotatable bonds is 3. The van der Waals surface area contributed by atoms with E-state index >= 15 is 0 Å². The van der Waals surface area contributed by atoms with Crippen LogP contribution in [0.15, 0.2) is 0 Å². The van der Waals surface area contributed by atoms with Gasteiger partial charge in [-0.1, -0.05) is 6.04 Å². The zero-order valence-corrected chi connectivity index (χ0v) is 7.67. The summed E-state index contributed by atoms with van der Waals surface area (Å²) in [6.07, 6.45) is -0.817. The maximum absolute atomic E-state index is 9.65. The molecule has 0 spiro atoms. The van der Waals surface area contributed by atoms with E-state index in [1.807, 2.05) is 0 Å². The Labute approximate surface area is 87.0 Å². The number of hydrogen-bond acceptors (Lipinski definition) is 4. The average molecular weight is 191 g/mol. The summed E-state index contributed by atoms with van der Waals surface area (Å²) in [7, 11) is 0. The number of hydrogen-bond donors (Lipinski definition) is 0. The minimum Gasteiger partial charge on any atom is -1.00 e. The van der Waals surface area contributed by atoms with Crippen LogP contribution in [0.2, 0.25) is 0 Å². The summed E-state index contributed by atoms with van der Waals surface area (Å²) in [4.78, 5) is 19.2. The Morgan fingerprint density at radius 2 is 1.82 bits per heavy atom. The SMILES string of the molecule is [Cl-].[H+].[Mg+2].[NH-]C(CC(=O)[O-])C(=O)[O-]. The summed E-state index contributed by atoms with van der Waals surface area (Å²) in [5.41, 5.74) is 6.47. The van der Waals surface area contributed by atoms with Crippen LogP contribution in [0.4, 0.5) is 0 Å². The normalized spacial score (nSPS) is 10.3.